The van der Waals surface area contributed by atoms with Gasteiger partial charge in [0, 0.05) is 40.6 Å². The fourth-order valence-corrected chi connectivity index (χ4v) is 0.799. The first-order valence-corrected chi connectivity index (χ1v) is 7.74. The average Bonchev–Trinajstić information content (AvgIpc) is 2.35. The molecule has 0 aromatic carbocycles. The average molecular weight is 397 g/mol. The van der Waals surface area contributed by atoms with E-state index in [0.29, 0.717) is 0 Å². The van der Waals surface area contributed by atoms with Crippen LogP contribution >= 0.6 is 0 Å². The Hall–Kier alpha value is -1.63. The van der Waals surface area contributed by atoms with Gasteiger partial charge in [-0.1, -0.05) is 41.5 Å². The van der Waals surface area contributed by atoms with Crippen LogP contribution in [0.1, 0.15) is 41.5 Å². The molecule has 0 rings (SSSR count). The molecule has 9 heteroatoms. The van der Waals surface area contributed by atoms with Gasteiger partial charge >= 0.3 is 16.5 Å². The third-order valence-electron chi connectivity index (χ3n) is 1.58. The molecule has 0 aliphatic rings. The number of nitrogens with zero attached hydrogens (tertiary/aromatic N) is 8. The van der Waals surface area contributed by atoms with Crippen molar-refractivity contribution in [2.75, 3.05) is 28.2 Å². The van der Waals surface area contributed by atoms with E-state index in [-0.39, 0.29) is 27.6 Å². The third kappa shape index (κ3) is 34.6. The molecule has 0 saturated heterocycles. The molecule has 0 N–H and O–H groups in total. The van der Waals surface area contributed by atoms with E-state index in [2.05, 4.69) is 31.3 Å². The van der Waals surface area contributed by atoms with Crippen molar-refractivity contribution < 1.29 is 16.5 Å². The second kappa shape index (κ2) is 14.7. The fourth-order valence-electron chi connectivity index (χ4n) is 0.799. The zero-order valence-electron chi connectivity index (χ0n) is 17.2. The minimum absolute atomic E-state index is 0. The van der Waals surface area contributed by atoms with Gasteiger partial charge in [-0.3, -0.25) is 0 Å². The molecular formula is C16H34N8Ni. The molecule has 25 heavy (non-hydrogen) atoms. The summed E-state index contributed by atoms with van der Waals surface area (Å²) in [6, 6.07) is 0. The quantitative estimate of drug-likeness (QED) is 0.391. The van der Waals surface area contributed by atoms with Gasteiger partial charge in [-0.05, 0) is 0 Å². The number of rotatable bonds is 6. The van der Waals surface area contributed by atoms with Crippen LogP contribution in [0.25, 0.3) is 10.9 Å². The molecule has 0 aliphatic heterocycles. The first-order chi connectivity index (χ1) is 10.8. The molecular weight excluding hydrogens is 363 g/mol. The van der Waals surface area contributed by atoms with E-state index < -0.39 is 0 Å². The predicted molar refractivity (Wildman–Crippen MR) is 108 cm³/mol. The summed E-state index contributed by atoms with van der Waals surface area (Å²) >= 11 is 0. The van der Waals surface area contributed by atoms with Crippen LogP contribution in [0.15, 0.2) is 20.4 Å². The molecule has 0 fully saturated rings. The molecule has 0 saturated carbocycles. The first kappa shape index (κ1) is 28.2. The van der Waals surface area contributed by atoms with Gasteiger partial charge in [-0.25, -0.2) is 0 Å². The molecule has 8 nitrogen and oxygen atoms in total. The Labute approximate surface area is 163 Å². The van der Waals surface area contributed by atoms with Crippen molar-refractivity contribution in [3.63, 3.8) is 0 Å². The maximum Gasteiger partial charge on any atom is 2.00 e. The van der Waals surface area contributed by atoms with Gasteiger partial charge in [0.15, 0.2) is 0 Å². The number of hydrogen-bond acceptors (Lipinski definition) is 6. The largest absolute Gasteiger partial charge is 2.00 e. The van der Waals surface area contributed by atoms with Crippen molar-refractivity contribution in [1.82, 2.24) is 10.0 Å². The maximum absolute atomic E-state index is 4.01. The summed E-state index contributed by atoms with van der Waals surface area (Å²) < 4.78 is 0. The molecule has 0 atom stereocenters. The molecule has 148 valence electrons. The summed E-state index contributed by atoms with van der Waals surface area (Å²) in [5, 5.41) is 19.0. The SMILES string of the molecule is CN(C)/N=C/C=N\[N-]C(C)(C)C.CN(C)/N=C/C=N\[N-]C(C)(C)C.[Ni+2]. The number of hydrogen-bond donors (Lipinski definition) is 0. The minimum Gasteiger partial charge on any atom is -0.597 e. The Kier molecular flexibility index (Phi) is 16.6. The van der Waals surface area contributed by atoms with Crippen molar-refractivity contribution in [1.29, 1.82) is 0 Å². The third-order valence-corrected chi connectivity index (χ3v) is 1.58. The molecule has 0 amide bonds. The Morgan fingerprint density at radius 3 is 1.08 bits per heavy atom. The van der Waals surface area contributed by atoms with Crippen LogP contribution in [0.2, 0.25) is 0 Å². The van der Waals surface area contributed by atoms with Gasteiger partial charge in [0.1, 0.15) is 0 Å². The molecule has 0 unspecified atom stereocenters. The van der Waals surface area contributed by atoms with Crippen molar-refractivity contribution in [3.05, 3.63) is 10.9 Å². The van der Waals surface area contributed by atoms with Crippen LogP contribution < -0.4 is 0 Å². The summed E-state index contributed by atoms with van der Waals surface area (Å²) in [7, 11) is 7.41. The van der Waals surface area contributed by atoms with Crippen LogP contribution in [-0.4, -0.2) is 74.1 Å². The van der Waals surface area contributed by atoms with Crippen LogP contribution in [0.3, 0.4) is 0 Å². The van der Waals surface area contributed by atoms with Crippen molar-refractivity contribution >= 4 is 24.9 Å². The minimum atomic E-state index is -0.109. The van der Waals surface area contributed by atoms with Gasteiger partial charge in [-0.2, -0.15) is 10.2 Å². The van der Waals surface area contributed by atoms with E-state index in [1.54, 1.807) is 34.9 Å². The van der Waals surface area contributed by atoms with Crippen LogP contribution in [-0.2, 0) is 16.5 Å². The van der Waals surface area contributed by atoms with E-state index in [0.717, 1.165) is 0 Å². The van der Waals surface area contributed by atoms with E-state index in [1.807, 2.05) is 69.7 Å². The summed E-state index contributed by atoms with van der Waals surface area (Å²) in [6.45, 7) is 12.0. The molecule has 0 aliphatic carbocycles. The zero-order valence-corrected chi connectivity index (χ0v) is 18.2. The van der Waals surface area contributed by atoms with Gasteiger partial charge in [0.2, 0.25) is 0 Å². The standard InChI is InChI=1S/2C8H17N4.Ni/c2*1-8(2,3)11-9-6-7-10-12(4)5;/h2*6-7H,1-5H3;/q2*-1;+2/b2*9-6-,10-7+;. The Morgan fingerprint density at radius 1 is 0.600 bits per heavy atom. The Balaban J connectivity index is -0.000000372. The maximum atomic E-state index is 4.01. The topological polar surface area (TPSA) is 84.1 Å². The summed E-state index contributed by atoms with van der Waals surface area (Å²) in [5.41, 5.74) is 7.81. The van der Waals surface area contributed by atoms with Crippen LogP contribution in [0.4, 0.5) is 0 Å². The molecule has 0 aromatic rings. The van der Waals surface area contributed by atoms with Gasteiger partial charge < -0.3 is 31.1 Å². The van der Waals surface area contributed by atoms with E-state index in [1.165, 1.54) is 0 Å². The molecule has 0 aromatic heterocycles. The van der Waals surface area contributed by atoms with E-state index in [4.69, 9.17) is 0 Å². The normalized spacial score (nSPS) is 12.2. The van der Waals surface area contributed by atoms with Crippen molar-refractivity contribution in [3.8, 4) is 0 Å². The second-order valence-electron chi connectivity index (χ2n) is 7.29. The van der Waals surface area contributed by atoms with E-state index >= 15 is 0 Å². The first-order valence-electron chi connectivity index (χ1n) is 7.74. The predicted octanol–water partition coefficient (Wildman–Crippen LogP) is 3.38. The van der Waals surface area contributed by atoms with Gasteiger partial charge in [-0.15, -0.1) is 11.1 Å². The summed E-state index contributed by atoms with van der Waals surface area (Å²) in [6.07, 6.45) is 6.36. The van der Waals surface area contributed by atoms with Gasteiger partial charge in [0.05, 0.1) is 12.4 Å². The van der Waals surface area contributed by atoms with Gasteiger partial charge in [0.25, 0.3) is 0 Å². The van der Waals surface area contributed by atoms with Crippen molar-refractivity contribution in [2.45, 2.75) is 52.6 Å². The molecule has 0 spiro atoms. The fraction of sp³-hybridized carbons (Fsp3) is 0.750. The smallest absolute Gasteiger partial charge is 0.597 e. The molecule has 0 radical (unpaired) electrons. The summed E-state index contributed by atoms with van der Waals surface area (Å²) in [5.74, 6) is 0. The molecule has 0 heterocycles. The van der Waals surface area contributed by atoms with Crippen molar-refractivity contribution in [2.24, 2.45) is 20.4 Å². The Morgan fingerprint density at radius 2 is 0.880 bits per heavy atom. The monoisotopic (exact) mass is 396 g/mol. The van der Waals surface area contributed by atoms with Crippen LogP contribution in [0.5, 0.6) is 0 Å². The second-order valence-corrected chi connectivity index (χ2v) is 7.29. The number of hydrazone groups is 2. The zero-order chi connectivity index (χ0) is 19.2. The summed E-state index contributed by atoms with van der Waals surface area (Å²) in [4.78, 5) is 0. The van der Waals surface area contributed by atoms with E-state index in [9.17, 15) is 0 Å². The van der Waals surface area contributed by atoms with Crippen LogP contribution in [0, 0.1) is 0 Å². The molecule has 0 bridgehead atoms. The Bertz CT molecular complexity index is 375.